The van der Waals surface area contributed by atoms with Gasteiger partial charge in [-0.05, 0) is 26.6 Å². The lowest BCUT2D eigenvalue weighted by atomic mass is 10.2. The number of nitrogens with two attached hydrogens (primary N) is 1. The van der Waals surface area contributed by atoms with Gasteiger partial charge in [0.05, 0.1) is 6.17 Å². The van der Waals surface area contributed by atoms with Crippen LogP contribution in [0, 0.1) is 0 Å². The van der Waals surface area contributed by atoms with Crippen molar-refractivity contribution < 1.29 is 0 Å². The number of rotatable bonds is 3. The van der Waals surface area contributed by atoms with Crippen LogP contribution >= 0.6 is 0 Å². The zero-order chi connectivity index (χ0) is 14.1. The van der Waals surface area contributed by atoms with Crippen molar-refractivity contribution in [3.63, 3.8) is 0 Å². The van der Waals surface area contributed by atoms with E-state index in [4.69, 9.17) is 5.73 Å². The number of piperazine rings is 1. The van der Waals surface area contributed by atoms with Gasteiger partial charge >= 0.3 is 0 Å². The highest BCUT2D eigenvalue weighted by Crippen LogP contribution is 1.99. The Labute approximate surface area is 117 Å². The van der Waals surface area contributed by atoms with E-state index in [9.17, 15) is 0 Å². The van der Waals surface area contributed by atoms with Gasteiger partial charge < -0.3 is 16.0 Å². The van der Waals surface area contributed by atoms with Gasteiger partial charge in [0.1, 0.15) is 0 Å². The van der Waals surface area contributed by atoms with Crippen LogP contribution in [0.25, 0.3) is 0 Å². The fourth-order valence-electron chi connectivity index (χ4n) is 2.04. The van der Waals surface area contributed by atoms with Gasteiger partial charge in [-0.15, -0.1) is 0 Å². The summed E-state index contributed by atoms with van der Waals surface area (Å²) in [6, 6.07) is 10.5. The van der Waals surface area contributed by atoms with E-state index in [1.807, 2.05) is 13.0 Å². The first-order valence-corrected chi connectivity index (χ1v) is 6.98. The van der Waals surface area contributed by atoms with Crippen LogP contribution in [0.5, 0.6) is 0 Å². The summed E-state index contributed by atoms with van der Waals surface area (Å²) in [5.74, 6) is 0. The number of nitrogens with zero attached hydrogens (tertiary/aromatic N) is 2. The number of hydrogen-bond acceptors (Lipinski definition) is 4. The lowest BCUT2D eigenvalue weighted by Crippen LogP contribution is -2.50. The highest BCUT2D eigenvalue weighted by atomic mass is 15.2. The van der Waals surface area contributed by atoms with E-state index in [1.54, 1.807) is 0 Å². The minimum Gasteiger partial charge on any atom is -0.316 e. The standard InChI is InChI=1S/C9H13N.C6H15N3/c1-10(2)8-9-6-4-3-5-7-9;1-6(7)9-4-2-8-3-5-9/h3-7H,8H2,1-2H3;6,8H,2-5,7H2,1H3. The summed E-state index contributed by atoms with van der Waals surface area (Å²) in [5, 5.41) is 3.27. The van der Waals surface area contributed by atoms with Gasteiger partial charge in [0, 0.05) is 32.7 Å². The van der Waals surface area contributed by atoms with Gasteiger partial charge in [0.15, 0.2) is 0 Å². The predicted molar refractivity (Wildman–Crippen MR) is 81.9 cm³/mol. The van der Waals surface area contributed by atoms with Gasteiger partial charge in [0.2, 0.25) is 0 Å². The number of benzene rings is 1. The highest BCUT2D eigenvalue weighted by Gasteiger charge is 2.11. The molecule has 1 aliphatic heterocycles. The Kier molecular flexibility index (Phi) is 7.67. The molecule has 3 N–H and O–H groups in total. The molecule has 2 rings (SSSR count). The highest BCUT2D eigenvalue weighted by molar-refractivity contribution is 5.14. The topological polar surface area (TPSA) is 44.5 Å². The quantitative estimate of drug-likeness (QED) is 0.853. The van der Waals surface area contributed by atoms with Crippen LogP contribution in [0.3, 0.4) is 0 Å². The molecule has 1 aromatic carbocycles. The van der Waals surface area contributed by atoms with Crippen LogP contribution < -0.4 is 11.1 Å². The molecule has 1 unspecified atom stereocenters. The molecule has 0 radical (unpaired) electrons. The molecule has 0 spiro atoms. The Morgan fingerprint density at radius 3 is 2.21 bits per heavy atom. The van der Waals surface area contributed by atoms with Crippen molar-refractivity contribution in [2.75, 3.05) is 40.3 Å². The van der Waals surface area contributed by atoms with Crippen molar-refractivity contribution in [3.8, 4) is 0 Å². The maximum absolute atomic E-state index is 5.67. The minimum atomic E-state index is 0.229. The maximum Gasteiger partial charge on any atom is 0.0543 e. The fourth-order valence-corrected chi connectivity index (χ4v) is 2.04. The van der Waals surface area contributed by atoms with Crippen molar-refractivity contribution in [2.45, 2.75) is 19.6 Å². The second-order valence-electron chi connectivity index (χ2n) is 5.25. The maximum atomic E-state index is 5.67. The van der Waals surface area contributed by atoms with E-state index >= 15 is 0 Å². The van der Waals surface area contributed by atoms with Gasteiger partial charge in [-0.3, -0.25) is 4.90 Å². The lowest BCUT2D eigenvalue weighted by molar-refractivity contribution is 0.188. The Morgan fingerprint density at radius 2 is 1.79 bits per heavy atom. The summed E-state index contributed by atoms with van der Waals surface area (Å²) in [7, 11) is 4.15. The van der Waals surface area contributed by atoms with Crippen LogP contribution in [-0.4, -0.2) is 56.2 Å². The number of hydrogen-bond donors (Lipinski definition) is 2. The molecular formula is C15H28N4. The normalized spacial score (nSPS) is 17.7. The number of nitrogens with one attached hydrogen (secondary N) is 1. The second-order valence-corrected chi connectivity index (χ2v) is 5.25. The lowest BCUT2D eigenvalue weighted by Gasteiger charge is -2.30. The van der Waals surface area contributed by atoms with E-state index in [2.05, 4.69) is 53.5 Å². The average molecular weight is 264 g/mol. The zero-order valence-electron chi connectivity index (χ0n) is 12.5. The van der Waals surface area contributed by atoms with E-state index in [0.29, 0.717) is 0 Å². The first-order valence-electron chi connectivity index (χ1n) is 6.98. The zero-order valence-corrected chi connectivity index (χ0v) is 12.5. The molecule has 0 saturated carbocycles. The molecular weight excluding hydrogens is 236 g/mol. The predicted octanol–water partition coefficient (Wildman–Crippen LogP) is 0.945. The molecule has 1 aliphatic rings. The van der Waals surface area contributed by atoms with Gasteiger partial charge in [-0.2, -0.15) is 0 Å². The Hall–Kier alpha value is -0.940. The smallest absolute Gasteiger partial charge is 0.0543 e. The Morgan fingerprint density at radius 1 is 1.21 bits per heavy atom. The van der Waals surface area contributed by atoms with Crippen LogP contribution in [0.2, 0.25) is 0 Å². The van der Waals surface area contributed by atoms with Crippen molar-refractivity contribution in [2.24, 2.45) is 5.73 Å². The molecule has 1 fully saturated rings. The summed E-state index contributed by atoms with van der Waals surface area (Å²) < 4.78 is 0. The van der Waals surface area contributed by atoms with Crippen molar-refractivity contribution in [1.82, 2.24) is 15.1 Å². The Bertz CT molecular complexity index is 318. The molecule has 0 amide bonds. The SMILES string of the molecule is CC(N)N1CCNCC1.CN(C)Cc1ccccc1. The monoisotopic (exact) mass is 264 g/mol. The first-order chi connectivity index (χ1) is 9.09. The van der Waals surface area contributed by atoms with E-state index < -0.39 is 0 Å². The molecule has 0 bridgehead atoms. The van der Waals surface area contributed by atoms with Crippen molar-refractivity contribution >= 4 is 0 Å². The summed E-state index contributed by atoms with van der Waals surface area (Å²) in [4.78, 5) is 4.44. The van der Waals surface area contributed by atoms with Crippen LogP contribution in [0.4, 0.5) is 0 Å². The summed E-state index contributed by atoms with van der Waals surface area (Å²) in [5.41, 5.74) is 7.03. The van der Waals surface area contributed by atoms with E-state index in [-0.39, 0.29) is 6.17 Å². The van der Waals surface area contributed by atoms with Crippen molar-refractivity contribution in [1.29, 1.82) is 0 Å². The average Bonchev–Trinajstić information content (AvgIpc) is 2.41. The molecule has 4 nitrogen and oxygen atoms in total. The molecule has 108 valence electrons. The van der Waals surface area contributed by atoms with Crippen LogP contribution in [0.15, 0.2) is 30.3 Å². The first kappa shape index (κ1) is 16.1. The summed E-state index contributed by atoms with van der Waals surface area (Å²) in [6.07, 6.45) is 0.229. The van der Waals surface area contributed by atoms with Gasteiger partial charge in [0.25, 0.3) is 0 Å². The molecule has 1 heterocycles. The second kappa shape index (κ2) is 9.04. The van der Waals surface area contributed by atoms with Crippen molar-refractivity contribution in [3.05, 3.63) is 35.9 Å². The van der Waals surface area contributed by atoms with Gasteiger partial charge in [-0.25, -0.2) is 0 Å². The van der Waals surface area contributed by atoms with Gasteiger partial charge in [-0.1, -0.05) is 30.3 Å². The van der Waals surface area contributed by atoms with Crippen LogP contribution in [0.1, 0.15) is 12.5 Å². The molecule has 1 aromatic rings. The molecule has 1 atom stereocenters. The molecule has 0 aliphatic carbocycles. The summed E-state index contributed by atoms with van der Waals surface area (Å²) >= 11 is 0. The third kappa shape index (κ3) is 7.28. The third-order valence-corrected chi connectivity index (χ3v) is 3.07. The largest absolute Gasteiger partial charge is 0.316 e. The van der Waals surface area contributed by atoms with Crippen LogP contribution in [-0.2, 0) is 6.54 Å². The third-order valence-electron chi connectivity index (χ3n) is 3.07. The summed E-state index contributed by atoms with van der Waals surface area (Å²) in [6.45, 7) is 7.42. The molecule has 1 saturated heterocycles. The molecule has 0 aromatic heterocycles. The Balaban J connectivity index is 0.000000191. The fraction of sp³-hybridized carbons (Fsp3) is 0.600. The van der Waals surface area contributed by atoms with E-state index in [0.717, 1.165) is 32.7 Å². The molecule has 19 heavy (non-hydrogen) atoms. The van der Waals surface area contributed by atoms with E-state index in [1.165, 1.54) is 5.56 Å². The molecule has 4 heteroatoms. The minimum absolute atomic E-state index is 0.229.